The van der Waals surface area contributed by atoms with Gasteiger partial charge in [0.15, 0.2) is 6.61 Å². The molecule has 1 fully saturated rings. The predicted molar refractivity (Wildman–Crippen MR) is 127 cm³/mol. The maximum absolute atomic E-state index is 9.56. The smallest absolute Gasteiger partial charge is 0.236 e. The fourth-order valence-corrected chi connectivity index (χ4v) is 4.07. The van der Waals surface area contributed by atoms with Crippen molar-refractivity contribution in [1.82, 2.24) is 9.88 Å². The zero-order valence-corrected chi connectivity index (χ0v) is 19.6. The average Bonchev–Trinajstić information content (AvgIpc) is 3.22. The third-order valence-electron chi connectivity index (χ3n) is 5.66. The second-order valence-electron chi connectivity index (χ2n) is 8.05. The minimum Gasteiger partial charge on any atom is -0.484 e. The fraction of sp³-hybridized carbons (Fsp3) is 0.360. The summed E-state index contributed by atoms with van der Waals surface area (Å²) in [4.78, 5) is 6.65. The molecule has 3 aromatic rings. The van der Waals surface area contributed by atoms with Crippen molar-refractivity contribution < 1.29 is 13.9 Å². The number of nitriles is 1. The van der Waals surface area contributed by atoms with E-state index < -0.39 is 0 Å². The minimum absolute atomic E-state index is 0.0673. The van der Waals surface area contributed by atoms with Gasteiger partial charge in [-0.05, 0) is 43.2 Å². The number of ether oxygens (including phenoxy) is 2. The van der Waals surface area contributed by atoms with Crippen molar-refractivity contribution in [1.29, 1.82) is 5.26 Å². The maximum Gasteiger partial charge on any atom is 0.236 e. The van der Waals surface area contributed by atoms with Gasteiger partial charge in [0.2, 0.25) is 17.5 Å². The molecule has 0 unspecified atom stereocenters. The maximum atomic E-state index is 9.56. The normalized spacial score (nSPS) is 15.1. The zero-order chi connectivity index (χ0) is 23.2. The van der Waals surface area contributed by atoms with Crippen LogP contribution in [0, 0.1) is 25.2 Å². The minimum atomic E-state index is 0.0673. The quantitative estimate of drug-likeness (QED) is 0.506. The lowest BCUT2D eigenvalue weighted by Crippen LogP contribution is -2.41. The molecule has 1 aromatic heterocycles. The highest BCUT2D eigenvalue weighted by atomic mass is 35.5. The summed E-state index contributed by atoms with van der Waals surface area (Å²) in [5.74, 6) is 1.47. The first kappa shape index (κ1) is 23.1. The van der Waals surface area contributed by atoms with Crippen molar-refractivity contribution in [3.63, 3.8) is 0 Å². The van der Waals surface area contributed by atoms with Crippen molar-refractivity contribution >= 4 is 17.5 Å². The summed E-state index contributed by atoms with van der Waals surface area (Å²) >= 11 is 6.09. The molecule has 0 radical (unpaired) electrons. The van der Waals surface area contributed by atoms with Crippen LogP contribution in [0.1, 0.15) is 34.3 Å². The van der Waals surface area contributed by atoms with Gasteiger partial charge in [0.05, 0.1) is 19.3 Å². The Labute approximate surface area is 198 Å². The van der Waals surface area contributed by atoms with Crippen LogP contribution < -0.4 is 10.1 Å². The molecule has 1 N–H and O–H groups in total. The van der Waals surface area contributed by atoms with E-state index in [-0.39, 0.29) is 18.3 Å². The molecule has 1 atom stereocenters. The Bertz CT molecular complexity index is 1120. The molecule has 172 valence electrons. The summed E-state index contributed by atoms with van der Waals surface area (Å²) in [5, 5.41) is 13.5. The number of hydrogen-bond donors (Lipinski definition) is 1. The summed E-state index contributed by atoms with van der Waals surface area (Å²) in [6, 6.07) is 16.0. The Morgan fingerprint density at radius 2 is 1.94 bits per heavy atom. The van der Waals surface area contributed by atoms with Crippen molar-refractivity contribution in [2.75, 3.05) is 38.2 Å². The Hall–Kier alpha value is -3.05. The molecule has 4 rings (SSSR count). The van der Waals surface area contributed by atoms with Gasteiger partial charge in [-0.25, -0.2) is 0 Å². The first-order valence-corrected chi connectivity index (χ1v) is 11.3. The van der Waals surface area contributed by atoms with E-state index in [0.29, 0.717) is 36.6 Å². The van der Waals surface area contributed by atoms with Crippen LogP contribution in [0.2, 0.25) is 5.02 Å². The standard InChI is InChI=1S/C25H27ClN4O3/c1-17-3-8-23(18(2)13-17)32-16-24-29-21(14-27)25(33-24)28-15-22(30-9-11-31-12-10-30)19-4-6-20(26)7-5-19/h3-8,13,22,28H,9-12,15-16H2,1-2H3/t22-/m0/s1. The number of nitrogens with zero attached hydrogens (tertiary/aromatic N) is 3. The Morgan fingerprint density at radius 3 is 2.64 bits per heavy atom. The molecule has 33 heavy (non-hydrogen) atoms. The number of benzene rings is 2. The molecular weight excluding hydrogens is 440 g/mol. The summed E-state index contributed by atoms with van der Waals surface area (Å²) < 4.78 is 17.2. The van der Waals surface area contributed by atoms with Gasteiger partial charge in [-0.15, -0.1) is 0 Å². The molecule has 2 heterocycles. The topological polar surface area (TPSA) is 83.5 Å². The van der Waals surface area contributed by atoms with Gasteiger partial charge in [0, 0.05) is 24.7 Å². The van der Waals surface area contributed by atoms with E-state index in [9.17, 15) is 5.26 Å². The lowest BCUT2D eigenvalue weighted by molar-refractivity contribution is 0.0186. The van der Waals surface area contributed by atoms with Gasteiger partial charge in [-0.3, -0.25) is 4.90 Å². The number of anilines is 1. The highest BCUT2D eigenvalue weighted by molar-refractivity contribution is 6.30. The van der Waals surface area contributed by atoms with E-state index in [1.54, 1.807) is 0 Å². The van der Waals surface area contributed by atoms with E-state index in [0.717, 1.165) is 30.0 Å². The lowest BCUT2D eigenvalue weighted by Gasteiger charge is -2.34. The Balaban J connectivity index is 1.46. The number of nitrogens with one attached hydrogen (secondary N) is 1. The van der Waals surface area contributed by atoms with Crippen molar-refractivity contribution in [3.8, 4) is 11.8 Å². The molecule has 0 spiro atoms. The highest BCUT2D eigenvalue weighted by Gasteiger charge is 2.24. The van der Waals surface area contributed by atoms with Crippen molar-refractivity contribution in [2.24, 2.45) is 0 Å². The van der Waals surface area contributed by atoms with Gasteiger partial charge in [-0.2, -0.15) is 10.2 Å². The molecule has 0 aliphatic carbocycles. The van der Waals surface area contributed by atoms with Gasteiger partial charge >= 0.3 is 0 Å². The summed E-state index contributed by atoms with van der Waals surface area (Å²) in [5.41, 5.74) is 3.55. The fourth-order valence-electron chi connectivity index (χ4n) is 3.94. The Kier molecular flexibility index (Phi) is 7.50. The number of aryl methyl sites for hydroxylation is 2. The van der Waals surface area contributed by atoms with Crippen LogP contribution in [0.5, 0.6) is 5.75 Å². The van der Waals surface area contributed by atoms with E-state index >= 15 is 0 Å². The van der Waals surface area contributed by atoms with E-state index in [2.05, 4.69) is 27.3 Å². The van der Waals surface area contributed by atoms with Gasteiger partial charge in [0.25, 0.3) is 0 Å². The average molecular weight is 467 g/mol. The van der Waals surface area contributed by atoms with Gasteiger partial charge in [0.1, 0.15) is 11.8 Å². The SMILES string of the molecule is Cc1ccc(OCc2nc(C#N)c(NC[C@@H](c3ccc(Cl)cc3)N3CCOCC3)o2)c(C)c1. The second kappa shape index (κ2) is 10.7. The van der Waals surface area contributed by atoms with Crippen LogP contribution in [0.15, 0.2) is 46.9 Å². The van der Waals surface area contributed by atoms with Crippen LogP contribution in [0.3, 0.4) is 0 Å². The van der Waals surface area contributed by atoms with E-state index in [4.69, 9.17) is 25.5 Å². The molecule has 0 bridgehead atoms. The molecule has 1 saturated heterocycles. The second-order valence-corrected chi connectivity index (χ2v) is 8.49. The molecule has 2 aromatic carbocycles. The molecule has 1 aliphatic rings. The van der Waals surface area contributed by atoms with Crippen LogP contribution in [0.25, 0.3) is 0 Å². The molecule has 1 aliphatic heterocycles. The number of morpholine rings is 1. The molecule has 0 amide bonds. The highest BCUT2D eigenvalue weighted by Crippen LogP contribution is 2.26. The van der Waals surface area contributed by atoms with Crippen molar-refractivity contribution in [2.45, 2.75) is 26.5 Å². The van der Waals surface area contributed by atoms with E-state index in [1.807, 2.05) is 50.2 Å². The van der Waals surface area contributed by atoms with E-state index in [1.165, 1.54) is 5.56 Å². The number of oxazole rings is 1. The number of hydrogen-bond acceptors (Lipinski definition) is 7. The molecule has 8 heteroatoms. The third kappa shape index (κ3) is 5.85. The molecule has 7 nitrogen and oxygen atoms in total. The van der Waals surface area contributed by atoms with Crippen LogP contribution in [-0.2, 0) is 11.3 Å². The number of halogens is 1. The predicted octanol–water partition coefficient (Wildman–Crippen LogP) is 4.88. The summed E-state index contributed by atoms with van der Waals surface area (Å²) in [6.07, 6.45) is 0. The first-order chi connectivity index (χ1) is 16.0. The largest absolute Gasteiger partial charge is 0.484 e. The van der Waals surface area contributed by atoms with Crippen LogP contribution >= 0.6 is 11.6 Å². The number of rotatable bonds is 8. The lowest BCUT2D eigenvalue weighted by atomic mass is 10.0. The van der Waals surface area contributed by atoms with Crippen LogP contribution in [0.4, 0.5) is 5.88 Å². The van der Waals surface area contributed by atoms with Gasteiger partial charge < -0.3 is 19.2 Å². The number of aromatic nitrogens is 1. The van der Waals surface area contributed by atoms with Crippen LogP contribution in [-0.4, -0.2) is 42.7 Å². The summed E-state index contributed by atoms with van der Waals surface area (Å²) in [6.45, 7) is 7.75. The molecular formula is C25H27ClN4O3. The monoisotopic (exact) mass is 466 g/mol. The molecule has 0 saturated carbocycles. The first-order valence-electron chi connectivity index (χ1n) is 10.9. The van der Waals surface area contributed by atoms with Crippen molar-refractivity contribution in [3.05, 3.63) is 75.8 Å². The third-order valence-corrected chi connectivity index (χ3v) is 5.91. The summed E-state index contributed by atoms with van der Waals surface area (Å²) in [7, 11) is 0. The Morgan fingerprint density at radius 1 is 1.18 bits per heavy atom. The zero-order valence-electron chi connectivity index (χ0n) is 18.8. The van der Waals surface area contributed by atoms with Gasteiger partial charge in [-0.1, -0.05) is 41.4 Å².